The third kappa shape index (κ3) is 3.33. The first kappa shape index (κ1) is 13.3. The number of nitrogens with one attached hydrogen (secondary N) is 1. The largest absolute Gasteiger partial charge is 0.467 e. The summed E-state index contributed by atoms with van der Waals surface area (Å²) >= 11 is 0. The van der Waals surface area contributed by atoms with Crippen molar-refractivity contribution in [2.75, 3.05) is 13.7 Å². The zero-order chi connectivity index (χ0) is 13.2. The van der Waals surface area contributed by atoms with Crippen LogP contribution in [0.25, 0.3) is 0 Å². The smallest absolute Gasteiger partial charge is 0.418 e. The van der Waals surface area contributed by atoms with Crippen molar-refractivity contribution in [1.82, 2.24) is 10.2 Å². The van der Waals surface area contributed by atoms with Crippen molar-refractivity contribution in [2.45, 2.75) is 32.4 Å². The lowest BCUT2D eigenvalue weighted by Crippen LogP contribution is -2.38. The van der Waals surface area contributed by atoms with Crippen LogP contribution in [-0.2, 0) is 14.3 Å². The molecule has 0 spiro atoms. The molecule has 0 aromatic carbocycles. The molecule has 1 fully saturated rings. The second kappa shape index (κ2) is 4.60. The fourth-order valence-electron chi connectivity index (χ4n) is 1.29. The Morgan fingerprint density at radius 1 is 1.41 bits per heavy atom. The molecule has 0 aliphatic carbocycles. The van der Waals surface area contributed by atoms with Crippen LogP contribution in [0.5, 0.6) is 0 Å². The van der Waals surface area contributed by atoms with Crippen molar-refractivity contribution in [3.05, 3.63) is 0 Å². The minimum Gasteiger partial charge on any atom is -0.467 e. The molecule has 1 saturated heterocycles. The van der Waals surface area contributed by atoms with Crippen LogP contribution in [-0.4, -0.2) is 48.3 Å². The Labute approximate surface area is 99.0 Å². The molecule has 0 unspecified atom stereocenters. The van der Waals surface area contributed by atoms with Crippen molar-refractivity contribution < 1.29 is 23.9 Å². The number of hydrogen-bond donors (Lipinski definition) is 1. The molecular formula is C10H16N2O5. The quantitative estimate of drug-likeness (QED) is 0.678. The van der Waals surface area contributed by atoms with Gasteiger partial charge in [0.2, 0.25) is 0 Å². The van der Waals surface area contributed by atoms with E-state index in [0.29, 0.717) is 0 Å². The molecule has 3 amide bonds. The van der Waals surface area contributed by atoms with Gasteiger partial charge in [-0.2, -0.15) is 0 Å². The molecule has 0 aromatic rings. The van der Waals surface area contributed by atoms with Crippen molar-refractivity contribution in [3.63, 3.8) is 0 Å². The summed E-state index contributed by atoms with van der Waals surface area (Å²) in [5.74, 6) is -0.593. The monoisotopic (exact) mass is 244 g/mol. The van der Waals surface area contributed by atoms with Crippen LogP contribution in [0.3, 0.4) is 0 Å². The maximum absolute atomic E-state index is 11.6. The first-order chi connectivity index (χ1) is 7.74. The zero-order valence-electron chi connectivity index (χ0n) is 10.3. The lowest BCUT2D eigenvalue weighted by molar-refractivity contribution is -0.142. The lowest BCUT2D eigenvalue weighted by atomic mass is 10.2. The summed E-state index contributed by atoms with van der Waals surface area (Å²) in [6.07, 6.45) is -0.776. The van der Waals surface area contributed by atoms with Gasteiger partial charge in [0.15, 0.2) is 0 Å². The molecule has 96 valence electrons. The van der Waals surface area contributed by atoms with Gasteiger partial charge in [-0.1, -0.05) is 0 Å². The van der Waals surface area contributed by atoms with E-state index in [9.17, 15) is 14.4 Å². The Hall–Kier alpha value is -1.79. The minimum atomic E-state index is -0.833. The summed E-state index contributed by atoms with van der Waals surface area (Å²) in [5, 5.41) is 2.33. The number of amides is 3. The maximum atomic E-state index is 11.6. The van der Waals surface area contributed by atoms with E-state index in [0.717, 1.165) is 4.90 Å². The molecule has 1 heterocycles. The zero-order valence-corrected chi connectivity index (χ0v) is 10.3. The van der Waals surface area contributed by atoms with Crippen LogP contribution in [0.4, 0.5) is 9.59 Å². The highest BCUT2D eigenvalue weighted by Crippen LogP contribution is 2.13. The van der Waals surface area contributed by atoms with E-state index >= 15 is 0 Å². The number of esters is 1. The Morgan fingerprint density at radius 2 is 2.00 bits per heavy atom. The van der Waals surface area contributed by atoms with Crippen molar-refractivity contribution in [2.24, 2.45) is 0 Å². The molecule has 0 radical (unpaired) electrons. The third-order valence-corrected chi connectivity index (χ3v) is 2.01. The summed E-state index contributed by atoms with van der Waals surface area (Å²) in [7, 11) is 1.21. The summed E-state index contributed by atoms with van der Waals surface area (Å²) in [4.78, 5) is 35.1. The fourth-order valence-corrected chi connectivity index (χ4v) is 1.29. The molecule has 1 atom stereocenters. The highest BCUT2D eigenvalue weighted by atomic mass is 16.6. The second-order valence-corrected chi connectivity index (χ2v) is 4.62. The molecule has 1 N–H and O–H groups in total. The number of nitrogens with zero attached hydrogens (tertiary/aromatic N) is 1. The van der Waals surface area contributed by atoms with Gasteiger partial charge in [-0.25, -0.2) is 19.3 Å². The van der Waals surface area contributed by atoms with E-state index in [2.05, 4.69) is 10.1 Å². The van der Waals surface area contributed by atoms with E-state index in [1.165, 1.54) is 7.11 Å². The van der Waals surface area contributed by atoms with Crippen molar-refractivity contribution in [1.29, 1.82) is 0 Å². The number of imide groups is 1. The van der Waals surface area contributed by atoms with Gasteiger partial charge < -0.3 is 14.8 Å². The molecule has 17 heavy (non-hydrogen) atoms. The number of rotatable bonds is 1. The van der Waals surface area contributed by atoms with Gasteiger partial charge in [-0.3, -0.25) is 0 Å². The second-order valence-electron chi connectivity index (χ2n) is 4.62. The SMILES string of the molecule is COC(=O)[C@@H]1CN(C(=O)OC(C)(C)C)C(=O)N1. The number of methoxy groups -OCH3 is 1. The van der Waals surface area contributed by atoms with E-state index in [-0.39, 0.29) is 6.54 Å². The van der Waals surface area contributed by atoms with E-state index in [1.54, 1.807) is 20.8 Å². The van der Waals surface area contributed by atoms with Gasteiger partial charge in [0.25, 0.3) is 0 Å². The predicted molar refractivity (Wildman–Crippen MR) is 57.3 cm³/mol. The summed E-state index contributed by atoms with van der Waals surface area (Å²) < 4.78 is 9.51. The van der Waals surface area contributed by atoms with Gasteiger partial charge in [0.05, 0.1) is 13.7 Å². The number of ether oxygens (including phenoxy) is 2. The lowest BCUT2D eigenvalue weighted by Gasteiger charge is -2.22. The Kier molecular flexibility index (Phi) is 3.59. The first-order valence-electron chi connectivity index (χ1n) is 5.13. The standard InChI is InChI=1S/C10H16N2O5/c1-10(2,3)17-9(15)12-5-6(7(13)16-4)11-8(12)14/h6H,5H2,1-4H3,(H,11,14)/t6-/m0/s1. The van der Waals surface area contributed by atoms with Crippen molar-refractivity contribution in [3.8, 4) is 0 Å². The molecule has 1 aliphatic rings. The number of carbonyl (C=O) groups is 3. The molecule has 7 heteroatoms. The minimum absolute atomic E-state index is 0.0829. The Bertz CT molecular complexity index is 347. The van der Waals surface area contributed by atoms with Gasteiger partial charge in [-0.05, 0) is 20.8 Å². The average molecular weight is 244 g/mol. The molecule has 0 saturated carbocycles. The van der Waals surface area contributed by atoms with E-state index in [4.69, 9.17) is 4.74 Å². The van der Waals surface area contributed by atoms with Crippen LogP contribution < -0.4 is 5.32 Å². The van der Waals surface area contributed by atoms with Gasteiger partial charge >= 0.3 is 18.1 Å². The van der Waals surface area contributed by atoms with Crippen LogP contribution in [0.1, 0.15) is 20.8 Å². The van der Waals surface area contributed by atoms with Crippen LogP contribution in [0.2, 0.25) is 0 Å². The van der Waals surface area contributed by atoms with Gasteiger partial charge in [0, 0.05) is 0 Å². The van der Waals surface area contributed by atoms with Crippen LogP contribution >= 0.6 is 0 Å². The Balaban J connectivity index is 2.65. The maximum Gasteiger partial charge on any atom is 0.418 e. The summed E-state index contributed by atoms with van der Waals surface area (Å²) in [6.45, 7) is 4.99. The van der Waals surface area contributed by atoms with Crippen molar-refractivity contribution >= 4 is 18.1 Å². The van der Waals surface area contributed by atoms with Crippen LogP contribution in [0, 0.1) is 0 Å². The molecule has 7 nitrogen and oxygen atoms in total. The summed E-state index contributed by atoms with van der Waals surface area (Å²) in [5.41, 5.74) is -0.694. The Morgan fingerprint density at radius 3 is 2.47 bits per heavy atom. The van der Waals surface area contributed by atoms with Crippen LogP contribution in [0.15, 0.2) is 0 Å². The third-order valence-electron chi connectivity index (χ3n) is 2.01. The fraction of sp³-hybridized carbons (Fsp3) is 0.700. The predicted octanol–water partition coefficient (Wildman–Crippen LogP) is 0.488. The summed E-state index contributed by atoms with van der Waals surface area (Å²) in [6, 6.07) is -1.49. The van der Waals surface area contributed by atoms with Gasteiger partial charge in [0.1, 0.15) is 11.6 Å². The highest BCUT2D eigenvalue weighted by molar-refractivity contribution is 5.96. The molecule has 0 bridgehead atoms. The number of carbonyl (C=O) groups excluding carboxylic acids is 3. The molecule has 1 rings (SSSR count). The highest BCUT2D eigenvalue weighted by Gasteiger charge is 2.39. The van der Waals surface area contributed by atoms with Gasteiger partial charge in [-0.15, -0.1) is 0 Å². The normalized spacial score (nSPS) is 19.9. The molecule has 0 aromatic heterocycles. The molecule has 1 aliphatic heterocycles. The van der Waals surface area contributed by atoms with E-state index < -0.39 is 29.7 Å². The average Bonchev–Trinajstić information content (AvgIpc) is 2.56. The number of hydrogen-bond acceptors (Lipinski definition) is 5. The molecular weight excluding hydrogens is 228 g/mol. The van der Waals surface area contributed by atoms with E-state index in [1.807, 2.05) is 0 Å². The first-order valence-corrected chi connectivity index (χ1v) is 5.13. The topological polar surface area (TPSA) is 84.9 Å². The number of urea groups is 1.